The second-order valence-corrected chi connectivity index (χ2v) is 5.87. The second kappa shape index (κ2) is 6.71. The van der Waals surface area contributed by atoms with Crippen LogP contribution in [0.3, 0.4) is 0 Å². The molecule has 0 aliphatic carbocycles. The number of hydrogen-bond donors (Lipinski definition) is 2. The zero-order chi connectivity index (χ0) is 16.2. The van der Waals surface area contributed by atoms with E-state index >= 15 is 0 Å². The smallest absolute Gasteiger partial charge is 0.326 e. The van der Waals surface area contributed by atoms with Crippen molar-refractivity contribution < 1.29 is 19.4 Å². The van der Waals surface area contributed by atoms with Crippen LogP contribution in [0.15, 0.2) is 6.20 Å². The number of carboxylic acids is 1. The Hall–Kier alpha value is -1.89. The maximum Gasteiger partial charge on any atom is 0.326 e. The van der Waals surface area contributed by atoms with Gasteiger partial charge in [0.25, 0.3) is 5.91 Å². The molecule has 1 amide bonds. The summed E-state index contributed by atoms with van der Waals surface area (Å²) in [5, 5.41) is 15.8. The van der Waals surface area contributed by atoms with Gasteiger partial charge in [0, 0.05) is 25.8 Å². The highest BCUT2D eigenvalue weighted by Crippen LogP contribution is 2.18. The third-order valence-electron chi connectivity index (χ3n) is 3.10. The van der Waals surface area contributed by atoms with Crippen LogP contribution in [0.5, 0.6) is 0 Å². The van der Waals surface area contributed by atoms with Crippen LogP contribution < -0.4 is 5.32 Å². The van der Waals surface area contributed by atoms with Crippen LogP contribution in [0, 0.1) is 6.92 Å². The summed E-state index contributed by atoms with van der Waals surface area (Å²) in [5.74, 6) is -1.52. The van der Waals surface area contributed by atoms with Gasteiger partial charge in [0.1, 0.15) is 6.04 Å². The summed E-state index contributed by atoms with van der Waals surface area (Å²) >= 11 is 0. The largest absolute Gasteiger partial charge is 0.480 e. The average molecular weight is 297 g/mol. The van der Waals surface area contributed by atoms with E-state index in [4.69, 9.17) is 9.84 Å². The standard InChI is InChI=1S/C14H23N3O4/c1-9-10(8-15-17(9)14(2,3)4)12(18)16-11(13(19)20)6-7-21-5/h8,11H,6-7H2,1-5H3,(H,16,18)(H,19,20). The van der Waals surface area contributed by atoms with E-state index < -0.39 is 17.9 Å². The van der Waals surface area contributed by atoms with Gasteiger partial charge in [-0.3, -0.25) is 9.48 Å². The van der Waals surface area contributed by atoms with Crippen molar-refractivity contribution in [2.75, 3.05) is 13.7 Å². The Kier molecular flexibility index (Phi) is 5.48. The van der Waals surface area contributed by atoms with E-state index in [2.05, 4.69) is 10.4 Å². The summed E-state index contributed by atoms with van der Waals surface area (Å²) in [4.78, 5) is 23.3. The van der Waals surface area contributed by atoms with Crippen molar-refractivity contribution in [3.8, 4) is 0 Å². The number of ether oxygens (including phenoxy) is 1. The van der Waals surface area contributed by atoms with Gasteiger partial charge in [-0.25, -0.2) is 4.79 Å². The van der Waals surface area contributed by atoms with Gasteiger partial charge in [-0.15, -0.1) is 0 Å². The Morgan fingerprint density at radius 3 is 2.52 bits per heavy atom. The monoisotopic (exact) mass is 297 g/mol. The molecule has 1 aromatic heterocycles. The number of carboxylic acid groups (broad SMARTS) is 1. The van der Waals surface area contributed by atoms with Crippen LogP contribution in [0.25, 0.3) is 0 Å². The molecule has 1 rings (SSSR count). The van der Waals surface area contributed by atoms with Gasteiger partial charge < -0.3 is 15.2 Å². The topological polar surface area (TPSA) is 93.5 Å². The Morgan fingerprint density at radius 1 is 1.48 bits per heavy atom. The molecule has 1 atom stereocenters. The summed E-state index contributed by atoms with van der Waals surface area (Å²) < 4.78 is 6.59. The maximum atomic E-state index is 12.2. The minimum atomic E-state index is -1.08. The molecule has 0 fully saturated rings. The number of aromatic nitrogens is 2. The first-order chi connectivity index (χ1) is 9.68. The summed E-state index contributed by atoms with van der Waals surface area (Å²) in [6, 6.07) is -0.977. The second-order valence-electron chi connectivity index (χ2n) is 5.87. The predicted octanol–water partition coefficient (Wildman–Crippen LogP) is 1.17. The molecule has 21 heavy (non-hydrogen) atoms. The fraction of sp³-hybridized carbons (Fsp3) is 0.643. The number of nitrogens with one attached hydrogen (secondary N) is 1. The minimum Gasteiger partial charge on any atom is -0.480 e. The van der Waals surface area contributed by atoms with E-state index in [9.17, 15) is 9.59 Å². The summed E-state index contributed by atoms with van der Waals surface area (Å²) in [5.41, 5.74) is 0.842. The van der Waals surface area contributed by atoms with Crippen LogP contribution in [-0.2, 0) is 15.1 Å². The fourth-order valence-corrected chi connectivity index (χ4v) is 2.04. The molecule has 118 valence electrons. The number of methoxy groups -OCH3 is 1. The lowest BCUT2D eigenvalue weighted by Crippen LogP contribution is -2.41. The van der Waals surface area contributed by atoms with Crippen LogP contribution in [0.2, 0.25) is 0 Å². The van der Waals surface area contributed by atoms with Crippen LogP contribution >= 0.6 is 0 Å². The molecule has 1 unspecified atom stereocenters. The molecule has 0 aliphatic heterocycles. The number of nitrogens with zero attached hydrogens (tertiary/aromatic N) is 2. The summed E-state index contributed by atoms with van der Waals surface area (Å²) in [7, 11) is 1.48. The molecule has 1 heterocycles. The highest BCUT2D eigenvalue weighted by molar-refractivity contribution is 5.97. The first-order valence-corrected chi connectivity index (χ1v) is 6.76. The fourth-order valence-electron chi connectivity index (χ4n) is 2.04. The normalized spacial score (nSPS) is 13.0. The molecule has 7 nitrogen and oxygen atoms in total. The van der Waals surface area contributed by atoms with Crippen LogP contribution in [-0.4, -0.2) is 46.5 Å². The van der Waals surface area contributed by atoms with E-state index in [0.717, 1.165) is 0 Å². The molecule has 7 heteroatoms. The number of amides is 1. The van der Waals surface area contributed by atoms with Gasteiger partial charge >= 0.3 is 5.97 Å². The number of hydrogen-bond acceptors (Lipinski definition) is 4. The molecule has 2 N–H and O–H groups in total. The molecule has 0 bridgehead atoms. The molecule has 0 aromatic carbocycles. The van der Waals surface area contributed by atoms with Crippen molar-refractivity contribution in [1.29, 1.82) is 0 Å². The molecule has 0 saturated heterocycles. The molecular formula is C14H23N3O4. The number of carbonyl (C=O) groups is 2. The Morgan fingerprint density at radius 2 is 2.10 bits per heavy atom. The molecule has 0 radical (unpaired) electrons. The zero-order valence-electron chi connectivity index (χ0n) is 13.1. The lowest BCUT2D eigenvalue weighted by atomic mass is 10.1. The van der Waals surface area contributed by atoms with E-state index in [0.29, 0.717) is 11.3 Å². The minimum absolute atomic E-state index is 0.212. The van der Waals surface area contributed by atoms with E-state index in [-0.39, 0.29) is 18.6 Å². The molecule has 0 spiro atoms. The van der Waals surface area contributed by atoms with E-state index in [1.165, 1.54) is 13.3 Å². The third-order valence-corrected chi connectivity index (χ3v) is 3.10. The lowest BCUT2D eigenvalue weighted by molar-refractivity contribution is -0.139. The third kappa shape index (κ3) is 4.29. The van der Waals surface area contributed by atoms with Crippen molar-refractivity contribution in [3.05, 3.63) is 17.5 Å². The maximum absolute atomic E-state index is 12.2. The first kappa shape index (κ1) is 17.2. The van der Waals surface area contributed by atoms with Crippen molar-refractivity contribution in [2.45, 2.75) is 45.7 Å². The highest BCUT2D eigenvalue weighted by Gasteiger charge is 2.25. The zero-order valence-corrected chi connectivity index (χ0v) is 13.1. The van der Waals surface area contributed by atoms with Crippen molar-refractivity contribution in [1.82, 2.24) is 15.1 Å². The molecule has 0 aliphatic rings. The van der Waals surface area contributed by atoms with Crippen molar-refractivity contribution >= 4 is 11.9 Å². The van der Waals surface area contributed by atoms with Crippen LogP contribution in [0.1, 0.15) is 43.2 Å². The van der Waals surface area contributed by atoms with Crippen molar-refractivity contribution in [3.63, 3.8) is 0 Å². The Labute approximate surface area is 124 Å². The molecular weight excluding hydrogens is 274 g/mol. The quantitative estimate of drug-likeness (QED) is 0.822. The van der Waals surface area contributed by atoms with E-state index in [1.54, 1.807) is 11.6 Å². The van der Waals surface area contributed by atoms with Gasteiger partial charge in [0.05, 0.1) is 17.3 Å². The molecule has 0 saturated carbocycles. The van der Waals surface area contributed by atoms with Gasteiger partial charge in [-0.05, 0) is 27.7 Å². The number of carbonyl (C=O) groups excluding carboxylic acids is 1. The van der Waals surface area contributed by atoms with Gasteiger partial charge in [-0.2, -0.15) is 5.10 Å². The summed E-state index contributed by atoms with van der Waals surface area (Å²) in [6.07, 6.45) is 1.68. The van der Waals surface area contributed by atoms with Crippen molar-refractivity contribution in [2.24, 2.45) is 0 Å². The summed E-state index contributed by atoms with van der Waals surface area (Å²) in [6.45, 7) is 7.99. The Bertz CT molecular complexity index is 517. The lowest BCUT2D eigenvalue weighted by Gasteiger charge is -2.21. The average Bonchev–Trinajstić information content (AvgIpc) is 2.75. The SMILES string of the molecule is COCCC(NC(=O)c1cnn(C(C)(C)C)c1C)C(=O)O. The van der Waals surface area contributed by atoms with Crippen LogP contribution in [0.4, 0.5) is 0 Å². The van der Waals surface area contributed by atoms with Gasteiger partial charge in [-0.1, -0.05) is 0 Å². The first-order valence-electron chi connectivity index (χ1n) is 6.76. The molecule has 1 aromatic rings. The Balaban J connectivity index is 2.89. The highest BCUT2D eigenvalue weighted by atomic mass is 16.5. The van der Waals surface area contributed by atoms with Gasteiger partial charge in [0.15, 0.2) is 0 Å². The van der Waals surface area contributed by atoms with E-state index in [1.807, 2.05) is 20.8 Å². The number of rotatable bonds is 6. The predicted molar refractivity (Wildman–Crippen MR) is 77.3 cm³/mol. The van der Waals surface area contributed by atoms with Gasteiger partial charge in [0.2, 0.25) is 0 Å². The number of aliphatic carboxylic acids is 1.